The van der Waals surface area contributed by atoms with E-state index in [0.717, 1.165) is 0 Å². The first kappa shape index (κ1) is 6.25. The lowest BCUT2D eigenvalue weighted by molar-refractivity contribution is 0.671. The Bertz CT molecular complexity index is 26.7. The first-order valence-corrected chi connectivity index (χ1v) is 2.60. The average molecular weight is 108 g/mol. The highest BCUT2D eigenvalue weighted by molar-refractivity contribution is 6.18. The van der Waals surface area contributed by atoms with Crippen molar-refractivity contribution in [3.05, 3.63) is 0 Å². The molecule has 2 heteroatoms. The zero-order chi connectivity index (χ0) is 4.99. The van der Waals surface area contributed by atoms with Gasteiger partial charge in [0.25, 0.3) is 0 Å². The topological polar surface area (TPSA) is 26.0 Å². The third-order valence-electron chi connectivity index (χ3n) is 0.666. The Morgan fingerprint density at radius 1 is 1.83 bits per heavy atom. The van der Waals surface area contributed by atoms with Crippen molar-refractivity contribution in [2.24, 2.45) is 11.7 Å². The molecule has 0 rings (SSSR count). The van der Waals surface area contributed by atoms with E-state index < -0.39 is 0 Å². The van der Waals surface area contributed by atoms with Gasteiger partial charge < -0.3 is 5.73 Å². The number of nitrogens with two attached hydrogens (primary N) is 1. The van der Waals surface area contributed by atoms with Crippen LogP contribution in [0, 0.1) is 5.92 Å². The van der Waals surface area contributed by atoms with Crippen molar-refractivity contribution >= 4 is 11.6 Å². The Kier molecular flexibility index (Phi) is 3.58. The van der Waals surface area contributed by atoms with Gasteiger partial charge in [-0.25, -0.2) is 0 Å². The fourth-order valence-electron chi connectivity index (χ4n) is 0.0630. The second-order valence-corrected chi connectivity index (χ2v) is 1.80. The van der Waals surface area contributed by atoms with Crippen LogP contribution in [0.4, 0.5) is 0 Å². The van der Waals surface area contributed by atoms with Gasteiger partial charge in [0.2, 0.25) is 0 Å². The summed E-state index contributed by atoms with van der Waals surface area (Å²) in [5.74, 6) is 1.16. The second-order valence-electron chi connectivity index (χ2n) is 1.50. The van der Waals surface area contributed by atoms with Gasteiger partial charge in [-0.2, -0.15) is 0 Å². The molecule has 0 aliphatic heterocycles. The summed E-state index contributed by atoms with van der Waals surface area (Å²) in [4.78, 5) is 0. The number of hydrogen-bond donors (Lipinski definition) is 1. The molecule has 0 amide bonds. The second kappa shape index (κ2) is 3.44. The molecule has 2 N–H and O–H groups in total. The zero-order valence-corrected chi connectivity index (χ0v) is 4.70. The Balaban J connectivity index is 2.75. The van der Waals surface area contributed by atoms with Crippen molar-refractivity contribution in [2.75, 3.05) is 12.4 Å². The summed E-state index contributed by atoms with van der Waals surface area (Å²) >= 11 is 5.37. The summed E-state index contributed by atoms with van der Waals surface area (Å²) in [5, 5.41) is 0. The van der Waals surface area contributed by atoms with Gasteiger partial charge in [0.05, 0.1) is 0 Å². The lowest BCUT2D eigenvalue weighted by atomic mass is 10.2. The predicted octanol–water partition coefficient (Wildman–Crippen LogP) is 0.820. The van der Waals surface area contributed by atoms with E-state index in [0.29, 0.717) is 18.3 Å². The molecule has 1 unspecified atom stereocenters. The van der Waals surface area contributed by atoms with Gasteiger partial charge in [-0.3, -0.25) is 0 Å². The summed E-state index contributed by atoms with van der Waals surface area (Å²) < 4.78 is 0. The van der Waals surface area contributed by atoms with Crippen LogP contribution in [0.2, 0.25) is 0 Å². The molecule has 0 spiro atoms. The van der Waals surface area contributed by atoms with Crippen molar-refractivity contribution in [3.63, 3.8) is 0 Å². The Hall–Kier alpha value is 0.250. The van der Waals surface area contributed by atoms with Gasteiger partial charge in [0, 0.05) is 5.88 Å². The smallest absolute Gasteiger partial charge is 0.0261 e. The van der Waals surface area contributed by atoms with Gasteiger partial charge >= 0.3 is 0 Å². The molecule has 0 aromatic heterocycles. The highest BCUT2D eigenvalue weighted by Gasteiger charge is 1.90. The van der Waals surface area contributed by atoms with Crippen molar-refractivity contribution < 1.29 is 0 Å². The molecule has 0 radical (unpaired) electrons. The summed E-state index contributed by atoms with van der Waals surface area (Å²) in [5.41, 5.74) is 5.20. The molecule has 0 bridgehead atoms. The van der Waals surface area contributed by atoms with E-state index in [2.05, 4.69) is 0 Å². The van der Waals surface area contributed by atoms with Crippen LogP contribution in [0.15, 0.2) is 0 Å². The largest absolute Gasteiger partial charge is 0.330 e. The minimum absolute atomic E-state index is 0.478. The lowest BCUT2D eigenvalue weighted by Gasteiger charge is -1.97. The minimum Gasteiger partial charge on any atom is -0.330 e. The van der Waals surface area contributed by atoms with Gasteiger partial charge in [-0.05, 0) is 12.5 Å². The summed E-state index contributed by atoms with van der Waals surface area (Å²) in [6, 6.07) is 0. The fraction of sp³-hybridized carbons (Fsp3) is 1.00. The summed E-state index contributed by atoms with van der Waals surface area (Å²) in [6.45, 7) is 2.72. The van der Waals surface area contributed by atoms with E-state index in [4.69, 9.17) is 17.3 Å². The molecule has 1 atom stereocenters. The molecule has 6 heavy (non-hydrogen) atoms. The molecule has 0 saturated heterocycles. The number of rotatable bonds is 2. The maximum atomic E-state index is 5.37. The Morgan fingerprint density at radius 3 is 2.33 bits per heavy atom. The molecule has 1 nitrogen and oxygen atoms in total. The zero-order valence-electron chi connectivity index (χ0n) is 3.95. The third kappa shape index (κ3) is 2.49. The van der Waals surface area contributed by atoms with Crippen LogP contribution in [0.3, 0.4) is 0 Å². The van der Waals surface area contributed by atoms with Crippen molar-refractivity contribution in [1.82, 2.24) is 0 Å². The quantitative estimate of drug-likeness (QED) is 0.520. The van der Waals surface area contributed by atoms with Gasteiger partial charge in [-0.1, -0.05) is 6.92 Å². The summed E-state index contributed by atoms with van der Waals surface area (Å²) in [6.07, 6.45) is 0. The van der Waals surface area contributed by atoms with Crippen LogP contribution in [0.1, 0.15) is 6.92 Å². The molecule has 0 aliphatic rings. The highest BCUT2D eigenvalue weighted by atomic mass is 35.5. The van der Waals surface area contributed by atoms with E-state index in [-0.39, 0.29) is 0 Å². The molecule has 0 saturated carbocycles. The third-order valence-corrected chi connectivity index (χ3v) is 1.19. The molecule has 0 aromatic carbocycles. The maximum Gasteiger partial charge on any atom is 0.0261 e. The van der Waals surface area contributed by atoms with E-state index in [1.165, 1.54) is 0 Å². The molecule has 0 fully saturated rings. The first-order valence-electron chi connectivity index (χ1n) is 2.07. The SMILES string of the molecule is CC(CN)CCl. The van der Waals surface area contributed by atoms with Crippen LogP contribution in [0.5, 0.6) is 0 Å². The lowest BCUT2D eigenvalue weighted by Crippen LogP contribution is -2.11. The molecular formula is C4H10ClN. The van der Waals surface area contributed by atoms with Crippen molar-refractivity contribution in [1.29, 1.82) is 0 Å². The molecule has 38 valence electrons. The molecular weight excluding hydrogens is 97.5 g/mol. The van der Waals surface area contributed by atoms with E-state index >= 15 is 0 Å². The maximum absolute atomic E-state index is 5.37. The van der Waals surface area contributed by atoms with Gasteiger partial charge in [0.15, 0.2) is 0 Å². The molecule has 0 heterocycles. The predicted molar refractivity (Wildman–Crippen MR) is 28.9 cm³/mol. The number of hydrogen-bond acceptors (Lipinski definition) is 1. The number of alkyl halides is 1. The van der Waals surface area contributed by atoms with Crippen LogP contribution in [-0.2, 0) is 0 Å². The Morgan fingerprint density at radius 2 is 2.33 bits per heavy atom. The van der Waals surface area contributed by atoms with Crippen LogP contribution in [0.25, 0.3) is 0 Å². The average Bonchev–Trinajstić information content (AvgIpc) is 1.65. The van der Waals surface area contributed by atoms with E-state index in [1.54, 1.807) is 0 Å². The standard InChI is InChI=1S/C4H10ClN/c1-4(2-5)3-6/h4H,2-3,6H2,1H3. The summed E-state index contributed by atoms with van der Waals surface area (Å²) in [7, 11) is 0. The van der Waals surface area contributed by atoms with Crippen molar-refractivity contribution in [2.45, 2.75) is 6.92 Å². The normalized spacial score (nSPS) is 14.5. The van der Waals surface area contributed by atoms with Crippen LogP contribution < -0.4 is 5.73 Å². The number of halogens is 1. The minimum atomic E-state index is 0.478. The fourth-order valence-corrected chi connectivity index (χ4v) is 0.189. The molecule has 0 aromatic rings. The first-order chi connectivity index (χ1) is 2.81. The van der Waals surface area contributed by atoms with E-state index in [9.17, 15) is 0 Å². The molecule has 0 aliphatic carbocycles. The van der Waals surface area contributed by atoms with E-state index in [1.807, 2.05) is 6.92 Å². The van der Waals surface area contributed by atoms with Crippen LogP contribution >= 0.6 is 11.6 Å². The van der Waals surface area contributed by atoms with Gasteiger partial charge in [-0.15, -0.1) is 11.6 Å². The monoisotopic (exact) mass is 107 g/mol. The van der Waals surface area contributed by atoms with Gasteiger partial charge in [0.1, 0.15) is 0 Å². The Labute approximate surface area is 43.5 Å². The highest BCUT2D eigenvalue weighted by Crippen LogP contribution is 1.91. The van der Waals surface area contributed by atoms with Crippen LogP contribution in [-0.4, -0.2) is 12.4 Å². The van der Waals surface area contributed by atoms with Crippen molar-refractivity contribution in [3.8, 4) is 0 Å².